The lowest BCUT2D eigenvalue weighted by Gasteiger charge is -2.45. The van der Waals surface area contributed by atoms with Gasteiger partial charge in [-0.2, -0.15) is 0 Å². The molecule has 2 aliphatic rings. The van der Waals surface area contributed by atoms with Crippen LogP contribution < -0.4 is 15.8 Å². The SMILES string of the molecule is CC(=O)N1c2ccc(=O)[nH]c2C(Nc2cccc(C)n2)C(C)C1C1CC1. The zero-order valence-electron chi connectivity index (χ0n) is 15.3. The topological polar surface area (TPSA) is 78.1 Å². The van der Waals surface area contributed by atoms with Gasteiger partial charge >= 0.3 is 0 Å². The molecule has 3 unspecified atom stereocenters. The number of carbonyl (C=O) groups excluding carboxylic acids is 1. The summed E-state index contributed by atoms with van der Waals surface area (Å²) in [5.41, 5.74) is 2.34. The molecule has 2 aromatic rings. The number of hydrogen-bond acceptors (Lipinski definition) is 4. The van der Waals surface area contributed by atoms with Crippen LogP contribution in [0.15, 0.2) is 35.1 Å². The molecule has 1 aliphatic carbocycles. The lowest BCUT2D eigenvalue weighted by molar-refractivity contribution is -0.117. The number of fused-ring (bicyclic) bond motifs is 1. The monoisotopic (exact) mass is 352 g/mol. The number of nitrogens with one attached hydrogen (secondary N) is 2. The van der Waals surface area contributed by atoms with Gasteiger partial charge in [0.25, 0.3) is 0 Å². The second-order valence-corrected chi connectivity index (χ2v) is 7.48. The maximum atomic E-state index is 12.4. The summed E-state index contributed by atoms with van der Waals surface area (Å²) in [7, 11) is 0. The molecule has 26 heavy (non-hydrogen) atoms. The Bertz CT molecular complexity index is 903. The molecule has 1 fully saturated rings. The van der Waals surface area contributed by atoms with E-state index in [9.17, 15) is 9.59 Å². The van der Waals surface area contributed by atoms with Gasteiger partial charge in [-0.15, -0.1) is 0 Å². The van der Waals surface area contributed by atoms with Crippen molar-refractivity contribution in [2.24, 2.45) is 11.8 Å². The maximum Gasteiger partial charge on any atom is 0.248 e. The molecule has 0 bridgehead atoms. The first kappa shape index (κ1) is 16.8. The number of aromatic nitrogens is 2. The average molecular weight is 352 g/mol. The number of anilines is 2. The molecule has 6 nitrogen and oxygen atoms in total. The van der Waals surface area contributed by atoms with Crippen LogP contribution in [0.25, 0.3) is 0 Å². The van der Waals surface area contributed by atoms with Crippen LogP contribution >= 0.6 is 0 Å². The normalized spacial score (nSPS) is 24.9. The Kier molecular flexibility index (Phi) is 4.05. The van der Waals surface area contributed by atoms with Crippen molar-refractivity contribution in [3.63, 3.8) is 0 Å². The molecule has 1 aliphatic heterocycles. The first-order valence-electron chi connectivity index (χ1n) is 9.19. The predicted octanol–water partition coefficient (Wildman–Crippen LogP) is 3.01. The van der Waals surface area contributed by atoms with E-state index < -0.39 is 0 Å². The van der Waals surface area contributed by atoms with Crippen molar-refractivity contribution in [1.29, 1.82) is 0 Å². The van der Waals surface area contributed by atoms with Gasteiger partial charge in [0.1, 0.15) is 5.82 Å². The summed E-state index contributed by atoms with van der Waals surface area (Å²) in [5.74, 6) is 1.47. The molecule has 1 saturated carbocycles. The van der Waals surface area contributed by atoms with E-state index in [4.69, 9.17) is 0 Å². The first-order chi connectivity index (χ1) is 12.5. The molecule has 3 heterocycles. The Labute approximate surface area is 152 Å². The molecule has 0 radical (unpaired) electrons. The van der Waals surface area contributed by atoms with Crippen molar-refractivity contribution in [3.8, 4) is 0 Å². The number of aryl methyl sites for hydroxylation is 1. The molecule has 4 rings (SSSR count). The minimum Gasteiger partial charge on any atom is -0.361 e. The van der Waals surface area contributed by atoms with E-state index >= 15 is 0 Å². The van der Waals surface area contributed by atoms with E-state index in [1.165, 1.54) is 6.07 Å². The van der Waals surface area contributed by atoms with Crippen molar-refractivity contribution in [2.75, 3.05) is 10.2 Å². The van der Waals surface area contributed by atoms with E-state index in [1.807, 2.05) is 30.0 Å². The number of nitrogens with zero attached hydrogens (tertiary/aromatic N) is 2. The van der Waals surface area contributed by atoms with Gasteiger partial charge in [0.15, 0.2) is 0 Å². The molecule has 2 aromatic heterocycles. The van der Waals surface area contributed by atoms with Crippen LogP contribution in [-0.4, -0.2) is 21.9 Å². The summed E-state index contributed by atoms with van der Waals surface area (Å²) in [4.78, 5) is 33.9. The Balaban J connectivity index is 1.81. The zero-order valence-corrected chi connectivity index (χ0v) is 15.3. The molecule has 1 amide bonds. The van der Waals surface area contributed by atoms with Crippen molar-refractivity contribution in [2.45, 2.75) is 45.7 Å². The predicted molar refractivity (Wildman–Crippen MR) is 101 cm³/mol. The van der Waals surface area contributed by atoms with Crippen molar-refractivity contribution in [3.05, 3.63) is 52.1 Å². The average Bonchev–Trinajstić information content (AvgIpc) is 3.41. The van der Waals surface area contributed by atoms with Gasteiger partial charge in [-0.1, -0.05) is 13.0 Å². The lowest BCUT2D eigenvalue weighted by Crippen LogP contribution is -2.52. The molecule has 0 saturated heterocycles. The second-order valence-electron chi connectivity index (χ2n) is 7.48. The Morgan fingerprint density at radius 1 is 1.27 bits per heavy atom. The number of H-pyrrole nitrogens is 1. The molecular formula is C20H24N4O2. The molecular weight excluding hydrogens is 328 g/mol. The van der Waals surface area contributed by atoms with E-state index in [1.54, 1.807) is 13.0 Å². The minimum atomic E-state index is -0.159. The van der Waals surface area contributed by atoms with E-state index in [0.717, 1.165) is 35.7 Å². The molecule has 3 atom stereocenters. The summed E-state index contributed by atoms with van der Waals surface area (Å²) >= 11 is 0. The van der Waals surface area contributed by atoms with E-state index in [0.29, 0.717) is 5.92 Å². The fourth-order valence-electron chi connectivity index (χ4n) is 4.23. The van der Waals surface area contributed by atoms with Crippen LogP contribution in [0.5, 0.6) is 0 Å². The molecule has 2 N–H and O–H groups in total. The van der Waals surface area contributed by atoms with Crippen LogP contribution in [0, 0.1) is 18.8 Å². The van der Waals surface area contributed by atoms with Gasteiger partial charge in [0.05, 0.1) is 17.4 Å². The summed E-state index contributed by atoms with van der Waals surface area (Å²) in [6.45, 7) is 5.71. The lowest BCUT2D eigenvalue weighted by atomic mass is 9.82. The summed E-state index contributed by atoms with van der Waals surface area (Å²) in [6.07, 6.45) is 2.29. The number of carbonyl (C=O) groups is 1. The highest BCUT2D eigenvalue weighted by Gasteiger charge is 2.48. The number of aromatic amines is 1. The van der Waals surface area contributed by atoms with Crippen molar-refractivity contribution < 1.29 is 4.79 Å². The van der Waals surface area contributed by atoms with Crippen LogP contribution in [0.3, 0.4) is 0 Å². The number of amides is 1. The largest absolute Gasteiger partial charge is 0.361 e. The third-order valence-corrected chi connectivity index (χ3v) is 5.50. The van der Waals surface area contributed by atoms with Crippen molar-refractivity contribution in [1.82, 2.24) is 9.97 Å². The van der Waals surface area contributed by atoms with E-state index in [2.05, 4.69) is 22.2 Å². The van der Waals surface area contributed by atoms with Gasteiger partial charge in [0.2, 0.25) is 11.5 Å². The van der Waals surface area contributed by atoms with E-state index in [-0.39, 0.29) is 29.5 Å². The van der Waals surface area contributed by atoms with Crippen LogP contribution in [0.4, 0.5) is 11.5 Å². The van der Waals surface area contributed by atoms with Crippen molar-refractivity contribution >= 4 is 17.4 Å². The number of rotatable bonds is 3. The number of hydrogen-bond donors (Lipinski definition) is 2. The quantitative estimate of drug-likeness (QED) is 0.890. The molecule has 0 spiro atoms. The Morgan fingerprint density at radius 2 is 2.04 bits per heavy atom. The third kappa shape index (κ3) is 2.89. The summed E-state index contributed by atoms with van der Waals surface area (Å²) in [5, 5.41) is 3.51. The first-order valence-corrected chi connectivity index (χ1v) is 9.19. The third-order valence-electron chi connectivity index (χ3n) is 5.50. The maximum absolute atomic E-state index is 12.4. The van der Waals surface area contributed by atoms with Gasteiger partial charge in [-0.05, 0) is 43.9 Å². The fourth-order valence-corrected chi connectivity index (χ4v) is 4.23. The Morgan fingerprint density at radius 3 is 2.69 bits per heavy atom. The molecule has 6 heteroatoms. The molecule has 0 aromatic carbocycles. The van der Waals surface area contributed by atoms with Gasteiger partial charge in [-0.3, -0.25) is 9.59 Å². The standard InChI is InChI=1S/C20H24N4O2/c1-11-5-4-6-16(21-11)22-18-12(2)20(14-7-8-14)24(13(3)25)15-9-10-17(26)23-19(15)18/h4-6,9-10,12,14,18,20H,7-8H2,1-3H3,(H,21,22)(H,23,26). The minimum absolute atomic E-state index is 0.0224. The summed E-state index contributed by atoms with van der Waals surface area (Å²) < 4.78 is 0. The van der Waals surface area contributed by atoms with Gasteiger partial charge in [-0.25, -0.2) is 4.98 Å². The number of pyridine rings is 2. The molecule has 136 valence electrons. The highest BCUT2D eigenvalue weighted by molar-refractivity contribution is 5.93. The second kappa shape index (κ2) is 6.27. The smallest absolute Gasteiger partial charge is 0.248 e. The van der Waals surface area contributed by atoms with Gasteiger partial charge in [0, 0.05) is 30.6 Å². The highest BCUT2D eigenvalue weighted by Crippen LogP contribution is 2.48. The van der Waals surface area contributed by atoms with Gasteiger partial charge < -0.3 is 15.2 Å². The summed E-state index contributed by atoms with van der Waals surface area (Å²) in [6, 6.07) is 9.15. The fraction of sp³-hybridized carbons (Fsp3) is 0.450. The highest BCUT2D eigenvalue weighted by atomic mass is 16.2. The Hall–Kier alpha value is -2.63. The zero-order chi connectivity index (χ0) is 18.4. The van der Waals surface area contributed by atoms with Crippen LogP contribution in [0.2, 0.25) is 0 Å². The van der Waals surface area contributed by atoms with Crippen LogP contribution in [-0.2, 0) is 4.79 Å². The van der Waals surface area contributed by atoms with Crippen LogP contribution in [0.1, 0.15) is 44.1 Å².